The first-order chi connectivity index (χ1) is 8.02. The summed E-state index contributed by atoms with van der Waals surface area (Å²) in [7, 11) is 0. The van der Waals surface area contributed by atoms with Crippen molar-refractivity contribution < 1.29 is 9.90 Å². The summed E-state index contributed by atoms with van der Waals surface area (Å²) in [6.07, 6.45) is 1.13. The topological polar surface area (TPSA) is 66.6 Å². The van der Waals surface area contributed by atoms with E-state index in [1.807, 2.05) is 12.1 Å². The Bertz CT molecular complexity index is 365. The molecule has 4 nitrogen and oxygen atoms in total. The van der Waals surface area contributed by atoms with Crippen LogP contribution in [0.25, 0.3) is 0 Å². The van der Waals surface area contributed by atoms with Crippen molar-refractivity contribution in [1.29, 1.82) is 0 Å². The number of aliphatic carboxylic acids is 1. The highest BCUT2D eigenvalue weighted by atomic mass is 32.1. The van der Waals surface area contributed by atoms with Crippen LogP contribution in [0.15, 0.2) is 12.1 Å². The Morgan fingerprint density at radius 3 is 2.76 bits per heavy atom. The molecule has 0 bridgehead atoms. The van der Waals surface area contributed by atoms with Gasteiger partial charge in [0.1, 0.15) is 0 Å². The van der Waals surface area contributed by atoms with Gasteiger partial charge in [-0.1, -0.05) is 6.92 Å². The van der Waals surface area contributed by atoms with E-state index in [2.05, 4.69) is 18.7 Å². The molecule has 0 radical (unpaired) electrons. The van der Waals surface area contributed by atoms with Gasteiger partial charge in [0.25, 0.3) is 0 Å². The number of carbonyl (C=O) groups is 1. The predicted molar refractivity (Wildman–Crippen MR) is 71.4 cm³/mol. The molecule has 0 spiro atoms. The van der Waals surface area contributed by atoms with Crippen LogP contribution < -0.4 is 5.73 Å². The molecule has 0 aliphatic heterocycles. The zero-order valence-electron chi connectivity index (χ0n) is 10.3. The third-order valence-electron chi connectivity index (χ3n) is 2.82. The Morgan fingerprint density at radius 1 is 1.59 bits per heavy atom. The van der Waals surface area contributed by atoms with E-state index in [1.54, 1.807) is 11.3 Å². The first-order valence-corrected chi connectivity index (χ1v) is 6.64. The molecule has 0 saturated carbocycles. The summed E-state index contributed by atoms with van der Waals surface area (Å²) in [5.41, 5.74) is 5.69. The van der Waals surface area contributed by atoms with Gasteiger partial charge in [0, 0.05) is 17.5 Å². The van der Waals surface area contributed by atoms with Crippen molar-refractivity contribution in [2.24, 2.45) is 0 Å². The van der Waals surface area contributed by atoms with Crippen LogP contribution in [0.2, 0.25) is 0 Å². The Morgan fingerprint density at radius 2 is 2.29 bits per heavy atom. The summed E-state index contributed by atoms with van der Waals surface area (Å²) >= 11 is 1.60. The Kier molecular flexibility index (Phi) is 5.44. The minimum Gasteiger partial charge on any atom is -0.481 e. The number of hydrogen-bond donors (Lipinski definition) is 2. The van der Waals surface area contributed by atoms with Crippen molar-refractivity contribution in [1.82, 2.24) is 4.90 Å². The SMILES string of the molecule is CCN(CCC(=O)O)C(C)Cc1ccc(N)s1. The number of nitrogens with two attached hydrogens (primary N) is 1. The Labute approximate surface area is 106 Å². The summed E-state index contributed by atoms with van der Waals surface area (Å²) in [6.45, 7) is 5.66. The second-order valence-corrected chi connectivity index (χ2v) is 5.33. The Balaban J connectivity index is 2.48. The van der Waals surface area contributed by atoms with Gasteiger partial charge in [0.05, 0.1) is 11.4 Å². The molecular weight excluding hydrogens is 236 g/mol. The van der Waals surface area contributed by atoms with Crippen LogP contribution in [0.4, 0.5) is 5.00 Å². The standard InChI is InChI=1S/C12H20N2O2S/c1-3-14(7-6-12(15)16)9(2)8-10-4-5-11(13)17-10/h4-5,9H,3,6-8,13H2,1-2H3,(H,15,16). The van der Waals surface area contributed by atoms with Gasteiger partial charge < -0.3 is 10.8 Å². The van der Waals surface area contributed by atoms with Gasteiger partial charge in [-0.3, -0.25) is 9.69 Å². The molecule has 1 atom stereocenters. The van der Waals surface area contributed by atoms with Crippen molar-refractivity contribution in [3.05, 3.63) is 17.0 Å². The average Bonchev–Trinajstić information content (AvgIpc) is 2.64. The summed E-state index contributed by atoms with van der Waals surface area (Å²) in [6, 6.07) is 4.30. The smallest absolute Gasteiger partial charge is 0.304 e. The van der Waals surface area contributed by atoms with Crippen molar-refractivity contribution in [3.8, 4) is 0 Å². The zero-order chi connectivity index (χ0) is 12.8. The number of likely N-dealkylation sites (N-methyl/N-ethyl adjacent to an activating group) is 1. The normalized spacial score (nSPS) is 12.9. The summed E-state index contributed by atoms with van der Waals surface area (Å²) in [5, 5.41) is 9.53. The van der Waals surface area contributed by atoms with Crippen molar-refractivity contribution in [2.75, 3.05) is 18.8 Å². The van der Waals surface area contributed by atoms with Gasteiger partial charge in [-0.25, -0.2) is 0 Å². The van der Waals surface area contributed by atoms with E-state index < -0.39 is 5.97 Å². The highest BCUT2D eigenvalue weighted by molar-refractivity contribution is 7.15. The van der Waals surface area contributed by atoms with Gasteiger partial charge >= 0.3 is 5.97 Å². The fourth-order valence-corrected chi connectivity index (χ4v) is 2.75. The van der Waals surface area contributed by atoms with Gasteiger partial charge in [0.2, 0.25) is 0 Å². The third-order valence-corrected chi connectivity index (χ3v) is 3.76. The van der Waals surface area contributed by atoms with E-state index in [1.165, 1.54) is 4.88 Å². The van der Waals surface area contributed by atoms with Gasteiger partial charge in [0.15, 0.2) is 0 Å². The van der Waals surface area contributed by atoms with E-state index in [0.717, 1.165) is 18.0 Å². The monoisotopic (exact) mass is 256 g/mol. The number of hydrogen-bond acceptors (Lipinski definition) is 4. The maximum Gasteiger partial charge on any atom is 0.304 e. The lowest BCUT2D eigenvalue weighted by molar-refractivity contribution is -0.137. The lowest BCUT2D eigenvalue weighted by Crippen LogP contribution is -2.36. The van der Waals surface area contributed by atoms with E-state index in [0.29, 0.717) is 12.6 Å². The summed E-state index contributed by atoms with van der Waals surface area (Å²) in [5.74, 6) is -0.740. The van der Waals surface area contributed by atoms with E-state index >= 15 is 0 Å². The Hall–Kier alpha value is -1.07. The molecule has 17 heavy (non-hydrogen) atoms. The van der Waals surface area contributed by atoms with E-state index in [4.69, 9.17) is 10.8 Å². The first-order valence-electron chi connectivity index (χ1n) is 5.83. The third kappa shape index (κ3) is 4.75. The zero-order valence-corrected chi connectivity index (χ0v) is 11.2. The van der Waals surface area contributed by atoms with Crippen LogP contribution in [-0.4, -0.2) is 35.1 Å². The molecular formula is C12H20N2O2S. The lowest BCUT2D eigenvalue weighted by Gasteiger charge is -2.26. The predicted octanol–water partition coefficient (Wildman–Crippen LogP) is 2.06. The molecule has 0 fully saturated rings. The van der Waals surface area contributed by atoms with Crippen LogP contribution in [0.3, 0.4) is 0 Å². The fourth-order valence-electron chi connectivity index (χ4n) is 1.85. The number of carboxylic acids is 1. The second kappa shape index (κ2) is 6.61. The number of carboxylic acid groups (broad SMARTS) is 1. The van der Waals surface area contributed by atoms with Crippen molar-refractivity contribution in [2.45, 2.75) is 32.7 Å². The summed E-state index contributed by atoms with van der Waals surface area (Å²) < 4.78 is 0. The number of rotatable bonds is 7. The molecule has 1 aromatic rings. The first kappa shape index (κ1) is 14.0. The largest absolute Gasteiger partial charge is 0.481 e. The molecule has 1 rings (SSSR count). The number of nitrogen functional groups attached to an aromatic ring is 1. The van der Waals surface area contributed by atoms with Crippen molar-refractivity contribution in [3.63, 3.8) is 0 Å². The van der Waals surface area contributed by atoms with Gasteiger partial charge in [-0.05, 0) is 32.0 Å². The minimum atomic E-state index is -0.740. The number of nitrogens with zero attached hydrogens (tertiary/aromatic N) is 1. The molecule has 0 aromatic carbocycles. The second-order valence-electron chi connectivity index (χ2n) is 4.13. The molecule has 1 unspecified atom stereocenters. The van der Waals surface area contributed by atoms with Gasteiger partial charge in [-0.2, -0.15) is 0 Å². The van der Waals surface area contributed by atoms with Crippen LogP contribution in [0.1, 0.15) is 25.1 Å². The number of anilines is 1. The van der Waals surface area contributed by atoms with Crippen LogP contribution in [0.5, 0.6) is 0 Å². The molecule has 1 heterocycles. The highest BCUT2D eigenvalue weighted by Gasteiger charge is 2.14. The highest BCUT2D eigenvalue weighted by Crippen LogP contribution is 2.21. The fraction of sp³-hybridized carbons (Fsp3) is 0.583. The van der Waals surface area contributed by atoms with Crippen LogP contribution >= 0.6 is 11.3 Å². The molecule has 0 amide bonds. The average molecular weight is 256 g/mol. The number of thiophene rings is 1. The van der Waals surface area contributed by atoms with Crippen LogP contribution in [-0.2, 0) is 11.2 Å². The lowest BCUT2D eigenvalue weighted by atomic mass is 10.1. The van der Waals surface area contributed by atoms with Crippen molar-refractivity contribution >= 4 is 22.3 Å². The molecule has 5 heteroatoms. The molecule has 96 valence electrons. The molecule has 0 aliphatic carbocycles. The van der Waals surface area contributed by atoms with Crippen LogP contribution in [0, 0.1) is 0 Å². The van der Waals surface area contributed by atoms with Gasteiger partial charge in [-0.15, -0.1) is 11.3 Å². The maximum atomic E-state index is 10.6. The molecule has 0 aliphatic rings. The molecule has 3 N–H and O–H groups in total. The maximum absolute atomic E-state index is 10.6. The molecule has 1 aromatic heterocycles. The summed E-state index contributed by atoms with van der Waals surface area (Å²) in [4.78, 5) is 14.0. The van der Waals surface area contributed by atoms with E-state index in [9.17, 15) is 4.79 Å². The minimum absolute atomic E-state index is 0.199. The van der Waals surface area contributed by atoms with E-state index in [-0.39, 0.29) is 6.42 Å². The quantitative estimate of drug-likeness (QED) is 0.783. The molecule has 0 saturated heterocycles.